The highest BCUT2D eigenvalue weighted by Crippen LogP contribution is 2.30. The number of carbonyl (C=O) groups is 1. The normalized spacial score (nSPS) is 15.8. The summed E-state index contributed by atoms with van der Waals surface area (Å²) in [7, 11) is 0. The van der Waals surface area contributed by atoms with E-state index in [-0.39, 0.29) is 17.6 Å². The molecule has 1 aromatic carbocycles. The summed E-state index contributed by atoms with van der Waals surface area (Å²) in [6.45, 7) is 10.5. The van der Waals surface area contributed by atoms with E-state index in [1.54, 1.807) is 27.9 Å². The van der Waals surface area contributed by atoms with Gasteiger partial charge in [0, 0.05) is 18.1 Å². The standard InChI is InChI=1S/C21H22F3N7O.C3H8/c1-13(16-10-30(12-26-16)15-6-4-14(5-7-15)21(22,23)24)27-18-25-9-8-17(28-18)31-11-20(2,3)29-19(31)32;1-3-2/h4-10,12-13H,11H2,1-3H3,(H,29,32)(H,25,27,28);3H2,1-2H3/t13-;/m0./s1. The van der Waals surface area contributed by atoms with Gasteiger partial charge >= 0.3 is 12.2 Å². The van der Waals surface area contributed by atoms with Gasteiger partial charge in [0.1, 0.15) is 5.82 Å². The molecule has 3 heterocycles. The molecule has 0 saturated carbocycles. The van der Waals surface area contributed by atoms with Gasteiger partial charge in [-0.3, -0.25) is 4.90 Å². The monoisotopic (exact) mass is 489 g/mol. The van der Waals surface area contributed by atoms with E-state index in [1.807, 2.05) is 20.8 Å². The molecular weight excluding hydrogens is 459 g/mol. The summed E-state index contributed by atoms with van der Waals surface area (Å²) in [4.78, 5) is 26.8. The molecule has 2 N–H and O–H groups in total. The highest BCUT2D eigenvalue weighted by atomic mass is 19.4. The second-order valence-corrected chi connectivity index (χ2v) is 8.96. The number of halogens is 3. The number of hydrogen-bond donors (Lipinski definition) is 2. The Kier molecular flexibility index (Phi) is 7.67. The molecule has 8 nitrogen and oxygen atoms in total. The minimum Gasteiger partial charge on any atom is -0.346 e. The quantitative estimate of drug-likeness (QED) is 0.489. The van der Waals surface area contributed by atoms with Crippen LogP contribution in [0.4, 0.5) is 29.7 Å². The van der Waals surface area contributed by atoms with Crippen molar-refractivity contribution in [2.75, 3.05) is 16.8 Å². The zero-order valence-corrected chi connectivity index (χ0v) is 20.4. The smallest absolute Gasteiger partial charge is 0.346 e. The van der Waals surface area contributed by atoms with Crippen LogP contribution in [0.2, 0.25) is 0 Å². The Morgan fingerprint density at radius 2 is 1.80 bits per heavy atom. The Labute approximate surface area is 202 Å². The number of urea groups is 1. The molecule has 0 aliphatic carbocycles. The van der Waals surface area contributed by atoms with Crippen molar-refractivity contribution in [2.45, 2.75) is 58.8 Å². The molecule has 1 fully saturated rings. The fourth-order valence-corrected chi connectivity index (χ4v) is 3.41. The molecule has 0 spiro atoms. The van der Waals surface area contributed by atoms with Gasteiger partial charge in [-0.2, -0.15) is 18.2 Å². The molecule has 35 heavy (non-hydrogen) atoms. The number of aromatic nitrogens is 4. The molecule has 1 atom stereocenters. The second kappa shape index (κ2) is 10.3. The lowest BCUT2D eigenvalue weighted by Crippen LogP contribution is -2.36. The van der Waals surface area contributed by atoms with Crippen LogP contribution in [0.25, 0.3) is 5.69 Å². The van der Waals surface area contributed by atoms with Gasteiger partial charge in [-0.05, 0) is 51.1 Å². The van der Waals surface area contributed by atoms with Crippen molar-refractivity contribution in [2.24, 2.45) is 0 Å². The molecule has 188 valence electrons. The van der Waals surface area contributed by atoms with E-state index in [4.69, 9.17) is 0 Å². The van der Waals surface area contributed by atoms with Crippen molar-refractivity contribution in [3.05, 3.63) is 60.3 Å². The molecule has 4 rings (SSSR count). The van der Waals surface area contributed by atoms with Gasteiger partial charge in [-0.25, -0.2) is 14.8 Å². The summed E-state index contributed by atoms with van der Waals surface area (Å²) >= 11 is 0. The van der Waals surface area contributed by atoms with Crippen molar-refractivity contribution < 1.29 is 18.0 Å². The summed E-state index contributed by atoms with van der Waals surface area (Å²) in [5, 5.41) is 6.03. The predicted octanol–water partition coefficient (Wildman–Crippen LogP) is 5.58. The van der Waals surface area contributed by atoms with E-state index in [2.05, 4.69) is 39.4 Å². The number of carbonyl (C=O) groups excluding carboxylic acids is 1. The van der Waals surface area contributed by atoms with Crippen LogP contribution in [0.1, 0.15) is 58.3 Å². The largest absolute Gasteiger partial charge is 0.416 e. The van der Waals surface area contributed by atoms with Crippen LogP contribution in [-0.2, 0) is 6.18 Å². The first-order chi connectivity index (χ1) is 16.4. The van der Waals surface area contributed by atoms with E-state index < -0.39 is 11.7 Å². The lowest BCUT2D eigenvalue weighted by atomic mass is 10.1. The van der Waals surface area contributed by atoms with Crippen LogP contribution >= 0.6 is 0 Å². The van der Waals surface area contributed by atoms with Gasteiger partial charge < -0.3 is 15.2 Å². The maximum Gasteiger partial charge on any atom is 0.416 e. The van der Waals surface area contributed by atoms with E-state index in [9.17, 15) is 18.0 Å². The maximum atomic E-state index is 12.8. The first kappa shape index (κ1) is 26.0. The van der Waals surface area contributed by atoms with Crippen molar-refractivity contribution in [3.8, 4) is 5.69 Å². The van der Waals surface area contributed by atoms with Gasteiger partial charge in [0.05, 0.1) is 35.7 Å². The van der Waals surface area contributed by atoms with E-state index >= 15 is 0 Å². The number of imidazole rings is 1. The molecule has 3 aromatic rings. The van der Waals surface area contributed by atoms with Crippen molar-refractivity contribution in [3.63, 3.8) is 0 Å². The number of alkyl halides is 3. The van der Waals surface area contributed by atoms with Gasteiger partial charge in [0.2, 0.25) is 5.95 Å². The number of nitrogens with zero attached hydrogens (tertiary/aromatic N) is 5. The molecule has 1 aliphatic rings. The van der Waals surface area contributed by atoms with Crippen LogP contribution < -0.4 is 15.5 Å². The summed E-state index contributed by atoms with van der Waals surface area (Å²) in [6.07, 6.45) is 1.69. The highest BCUT2D eigenvalue weighted by Gasteiger charge is 2.36. The molecule has 0 unspecified atom stereocenters. The molecule has 1 saturated heterocycles. The van der Waals surface area contributed by atoms with Gasteiger partial charge in [0.25, 0.3) is 0 Å². The summed E-state index contributed by atoms with van der Waals surface area (Å²) < 4.78 is 39.9. The summed E-state index contributed by atoms with van der Waals surface area (Å²) in [5.41, 5.74) is 0.154. The first-order valence-corrected chi connectivity index (χ1v) is 11.3. The summed E-state index contributed by atoms with van der Waals surface area (Å²) in [5.74, 6) is 0.810. The van der Waals surface area contributed by atoms with Gasteiger partial charge in [0.15, 0.2) is 0 Å². The summed E-state index contributed by atoms with van der Waals surface area (Å²) in [6, 6.07) is 6.00. The average molecular weight is 490 g/mol. The second-order valence-electron chi connectivity index (χ2n) is 8.96. The number of amides is 2. The van der Waals surface area contributed by atoms with Crippen LogP contribution in [0.5, 0.6) is 0 Å². The minimum absolute atomic E-state index is 0.219. The van der Waals surface area contributed by atoms with E-state index in [0.717, 1.165) is 12.1 Å². The highest BCUT2D eigenvalue weighted by molar-refractivity contribution is 5.94. The number of nitrogens with one attached hydrogen (secondary N) is 2. The predicted molar refractivity (Wildman–Crippen MR) is 129 cm³/mol. The molecule has 2 aromatic heterocycles. The maximum absolute atomic E-state index is 12.8. The third-order valence-corrected chi connectivity index (χ3v) is 5.05. The lowest BCUT2D eigenvalue weighted by Gasteiger charge is -2.18. The number of rotatable bonds is 5. The van der Waals surface area contributed by atoms with Crippen molar-refractivity contribution in [1.82, 2.24) is 24.8 Å². The van der Waals surface area contributed by atoms with Crippen molar-refractivity contribution >= 4 is 17.8 Å². The topological polar surface area (TPSA) is 88.0 Å². The Hall–Kier alpha value is -3.63. The molecule has 0 bridgehead atoms. The molecular formula is C24H30F3N7O. The fraction of sp³-hybridized carbons (Fsp3) is 0.417. The number of hydrogen-bond acceptors (Lipinski definition) is 5. The third kappa shape index (κ3) is 6.49. The molecule has 2 amide bonds. The Bertz CT molecular complexity index is 1140. The van der Waals surface area contributed by atoms with E-state index in [1.165, 1.54) is 24.9 Å². The lowest BCUT2D eigenvalue weighted by molar-refractivity contribution is -0.137. The SMILES string of the molecule is CCC.C[C@H](Nc1nccc(N2CC(C)(C)NC2=O)n1)c1cn(-c2ccc(C(F)(F)F)cc2)cn1. The van der Waals surface area contributed by atoms with Gasteiger partial charge in [-0.15, -0.1) is 0 Å². The van der Waals surface area contributed by atoms with Crippen LogP contribution in [0.3, 0.4) is 0 Å². The zero-order chi connectivity index (χ0) is 25.8. The van der Waals surface area contributed by atoms with Gasteiger partial charge in [-0.1, -0.05) is 20.3 Å². The Morgan fingerprint density at radius 1 is 1.14 bits per heavy atom. The molecule has 0 radical (unpaired) electrons. The number of benzene rings is 1. The fourth-order valence-electron chi connectivity index (χ4n) is 3.41. The zero-order valence-electron chi connectivity index (χ0n) is 20.4. The van der Waals surface area contributed by atoms with Crippen LogP contribution in [-0.4, -0.2) is 37.6 Å². The number of anilines is 2. The third-order valence-electron chi connectivity index (χ3n) is 5.05. The molecule has 11 heteroatoms. The van der Waals surface area contributed by atoms with Crippen LogP contribution in [0, 0.1) is 0 Å². The Balaban J connectivity index is 0.00000108. The molecule has 1 aliphatic heterocycles. The average Bonchev–Trinajstić information content (AvgIpc) is 3.38. The van der Waals surface area contributed by atoms with Crippen LogP contribution in [0.15, 0.2) is 49.1 Å². The minimum atomic E-state index is -4.38. The van der Waals surface area contributed by atoms with E-state index in [0.29, 0.717) is 29.7 Å². The Morgan fingerprint density at radius 3 is 2.37 bits per heavy atom. The van der Waals surface area contributed by atoms with Crippen molar-refractivity contribution in [1.29, 1.82) is 0 Å². The first-order valence-electron chi connectivity index (χ1n) is 11.3.